The Morgan fingerprint density at radius 2 is 2.12 bits per heavy atom. The number of aliphatic hydroxyl groups is 1. The molecule has 136 valence electrons. The summed E-state index contributed by atoms with van der Waals surface area (Å²) in [6.45, 7) is 4.45. The molecule has 2 saturated carbocycles. The first-order chi connectivity index (χ1) is 12.0. The van der Waals surface area contributed by atoms with Crippen LogP contribution in [0.25, 0.3) is 0 Å². The number of aromatic hydroxyl groups is 1. The fourth-order valence-electron chi connectivity index (χ4n) is 6.08. The molecule has 0 aromatic heterocycles. The van der Waals surface area contributed by atoms with Crippen LogP contribution in [0.2, 0.25) is 0 Å². The van der Waals surface area contributed by atoms with Gasteiger partial charge in [0, 0.05) is 0 Å². The topological polar surface area (TPSA) is 66.8 Å². The smallest absolute Gasteiger partial charge is 0.309 e. The van der Waals surface area contributed by atoms with E-state index in [2.05, 4.69) is 6.92 Å². The Morgan fingerprint density at radius 3 is 2.88 bits per heavy atom. The van der Waals surface area contributed by atoms with Gasteiger partial charge in [0.1, 0.15) is 5.75 Å². The predicted molar refractivity (Wildman–Crippen MR) is 94.2 cm³/mol. The average Bonchev–Trinajstić information content (AvgIpc) is 2.89. The zero-order valence-corrected chi connectivity index (χ0v) is 15.1. The summed E-state index contributed by atoms with van der Waals surface area (Å²) in [4.78, 5) is 12.8. The molecule has 0 heterocycles. The molecule has 2 N–H and O–H groups in total. The summed E-state index contributed by atoms with van der Waals surface area (Å²) in [5, 5.41) is 20.5. The van der Waals surface area contributed by atoms with E-state index in [1.54, 1.807) is 6.07 Å². The third-order valence-corrected chi connectivity index (χ3v) is 7.30. The minimum atomic E-state index is -0.262. The Labute approximate surface area is 149 Å². The first-order valence-corrected chi connectivity index (χ1v) is 9.62. The first-order valence-electron chi connectivity index (χ1n) is 9.62. The van der Waals surface area contributed by atoms with Crippen LogP contribution in [-0.4, -0.2) is 28.9 Å². The first kappa shape index (κ1) is 16.9. The molecular formula is C21H28O4. The third kappa shape index (κ3) is 2.49. The lowest BCUT2D eigenvalue weighted by Crippen LogP contribution is -2.49. The number of fused-ring (bicyclic) bond motifs is 5. The number of phenolic OH excluding ortho intramolecular Hbond substituents is 1. The number of ether oxygens (including phenoxy) is 1. The van der Waals surface area contributed by atoms with E-state index in [1.165, 1.54) is 5.56 Å². The van der Waals surface area contributed by atoms with Crippen molar-refractivity contribution in [1.82, 2.24) is 0 Å². The van der Waals surface area contributed by atoms with Crippen LogP contribution < -0.4 is 0 Å². The van der Waals surface area contributed by atoms with Crippen LogP contribution in [0.4, 0.5) is 0 Å². The number of phenols is 1. The monoisotopic (exact) mass is 344 g/mol. The minimum absolute atomic E-state index is 0.0830. The van der Waals surface area contributed by atoms with Gasteiger partial charge in [0.25, 0.3) is 0 Å². The Balaban J connectivity index is 1.78. The minimum Gasteiger partial charge on any atom is -0.508 e. The molecule has 3 aliphatic rings. The van der Waals surface area contributed by atoms with Gasteiger partial charge in [-0.1, -0.05) is 13.0 Å². The van der Waals surface area contributed by atoms with E-state index < -0.39 is 0 Å². The van der Waals surface area contributed by atoms with Crippen LogP contribution in [0, 0.1) is 23.2 Å². The molecule has 4 rings (SSSR count). The van der Waals surface area contributed by atoms with Crippen molar-refractivity contribution in [3.8, 4) is 5.75 Å². The van der Waals surface area contributed by atoms with Crippen molar-refractivity contribution in [2.75, 3.05) is 6.61 Å². The second kappa shape index (κ2) is 6.01. The summed E-state index contributed by atoms with van der Waals surface area (Å²) < 4.78 is 5.42. The fourth-order valence-corrected chi connectivity index (χ4v) is 6.08. The average molecular weight is 344 g/mol. The molecule has 0 amide bonds. The maximum Gasteiger partial charge on any atom is 0.309 e. The molecule has 0 unspecified atom stereocenters. The lowest BCUT2D eigenvalue weighted by molar-refractivity contribution is -0.154. The summed E-state index contributed by atoms with van der Waals surface area (Å²) in [6, 6.07) is 5.62. The van der Waals surface area contributed by atoms with Crippen molar-refractivity contribution >= 4 is 5.97 Å². The SMILES string of the molecule is CCOC(=O)[C@@H]1Cc2cc(O)ccc2[C@H]2CC[C@]3(C)[C@@H](O)CC[C@H]3[C@@H]21. The van der Waals surface area contributed by atoms with E-state index in [-0.39, 0.29) is 35.1 Å². The molecule has 0 spiro atoms. The molecule has 1 aromatic rings. The van der Waals surface area contributed by atoms with E-state index in [4.69, 9.17) is 4.74 Å². The van der Waals surface area contributed by atoms with Gasteiger partial charge < -0.3 is 14.9 Å². The molecule has 6 atom stereocenters. The van der Waals surface area contributed by atoms with Gasteiger partial charge in [-0.05, 0) is 85.5 Å². The Morgan fingerprint density at radius 1 is 1.32 bits per heavy atom. The van der Waals surface area contributed by atoms with Crippen molar-refractivity contribution < 1.29 is 19.7 Å². The number of rotatable bonds is 2. The van der Waals surface area contributed by atoms with Gasteiger partial charge in [0.2, 0.25) is 0 Å². The van der Waals surface area contributed by atoms with E-state index in [0.717, 1.165) is 31.2 Å². The lowest BCUT2D eigenvalue weighted by atomic mass is 9.52. The quantitative estimate of drug-likeness (QED) is 0.807. The number of carbonyl (C=O) groups excluding carboxylic acids is 1. The number of carbonyl (C=O) groups is 1. The van der Waals surface area contributed by atoms with Crippen LogP contribution in [-0.2, 0) is 16.0 Å². The molecule has 0 bridgehead atoms. The van der Waals surface area contributed by atoms with Gasteiger partial charge >= 0.3 is 5.97 Å². The van der Waals surface area contributed by atoms with Gasteiger partial charge in [0.15, 0.2) is 0 Å². The highest BCUT2D eigenvalue weighted by atomic mass is 16.5. The largest absolute Gasteiger partial charge is 0.508 e. The molecule has 0 saturated heterocycles. The summed E-state index contributed by atoms with van der Waals surface area (Å²) in [5.74, 6) is 0.884. The van der Waals surface area contributed by atoms with Crippen LogP contribution in [0.3, 0.4) is 0 Å². The lowest BCUT2D eigenvalue weighted by Gasteiger charge is -2.52. The summed E-state index contributed by atoms with van der Waals surface area (Å²) in [6.07, 6.45) is 4.18. The molecule has 4 heteroatoms. The Hall–Kier alpha value is -1.55. The Bertz CT molecular complexity index is 684. The predicted octanol–water partition coefficient (Wildman–Crippen LogP) is 3.40. The van der Waals surface area contributed by atoms with E-state index >= 15 is 0 Å². The molecule has 0 aliphatic heterocycles. The highest BCUT2D eigenvalue weighted by Crippen LogP contribution is 2.62. The second-order valence-corrected chi connectivity index (χ2v) is 8.37. The molecule has 3 aliphatic carbocycles. The van der Waals surface area contributed by atoms with Crippen LogP contribution in [0.15, 0.2) is 18.2 Å². The zero-order chi connectivity index (χ0) is 17.8. The van der Waals surface area contributed by atoms with Gasteiger partial charge in [-0.3, -0.25) is 4.79 Å². The van der Waals surface area contributed by atoms with Crippen molar-refractivity contribution in [2.24, 2.45) is 23.2 Å². The van der Waals surface area contributed by atoms with E-state index in [0.29, 0.717) is 24.9 Å². The number of hydrogen-bond donors (Lipinski definition) is 2. The van der Waals surface area contributed by atoms with Gasteiger partial charge in [0.05, 0.1) is 18.6 Å². The van der Waals surface area contributed by atoms with Gasteiger partial charge in [-0.15, -0.1) is 0 Å². The van der Waals surface area contributed by atoms with Crippen molar-refractivity contribution in [3.05, 3.63) is 29.3 Å². The molecule has 2 fully saturated rings. The molecule has 25 heavy (non-hydrogen) atoms. The number of hydrogen-bond acceptors (Lipinski definition) is 4. The third-order valence-electron chi connectivity index (χ3n) is 7.30. The van der Waals surface area contributed by atoms with Crippen LogP contribution in [0.1, 0.15) is 56.6 Å². The van der Waals surface area contributed by atoms with E-state index in [1.807, 2.05) is 19.1 Å². The Kier molecular flexibility index (Phi) is 4.06. The zero-order valence-electron chi connectivity index (χ0n) is 15.1. The molecule has 4 nitrogen and oxygen atoms in total. The maximum atomic E-state index is 12.8. The van der Waals surface area contributed by atoms with Crippen molar-refractivity contribution in [3.63, 3.8) is 0 Å². The summed E-state index contributed by atoms with van der Waals surface area (Å²) >= 11 is 0. The van der Waals surface area contributed by atoms with Gasteiger partial charge in [-0.2, -0.15) is 0 Å². The van der Waals surface area contributed by atoms with Crippen LogP contribution in [0.5, 0.6) is 5.75 Å². The normalized spacial score (nSPS) is 39.2. The number of aliphatic hydroxyl groups excluding tert-OH is 1. The fraction of sp³-hybridized carbons (Fsp3) is 0.667. The maximum absolute atomic E-state index is 12.8. The summed E-state index contributed by atoms with van der Waals surface area (Å²) in [7, 11) is 0. The second-order valence-electron chi connectivity index (χ2n) is 8.37. The van der Waals surface area contributed by atoms with E-state index in [9.17, 15) is 15.0 Å². The highest BCUT2D eigenvalue weighted by Gasteiger charge is 2.58. The van der Waals surface area contributed by atoms with Crippen LogP contribution >= 0.6 is 0 Å². The van der Waals surface area contributed by atoms with Crippen molar-refractivity contribution in [1.29, 1.82) is 0 Å². The summed E-state index contributed by atoms with van der Waals surface area (Å²) in [5.41, 5.74) is 2.29. The highest BCUT2D eigenvalue weighted by molar-refractivity contribution is 5.74. The molecular weight excluding hydrogens is 316 g/mol. The number of esters is 1. The molecule has 0 radical (unpaired) electrons. The standard InChI is InChI=1S/C21H28O4/c1-3-25-20(24)16-11-12-10-13(22)4-5-14(12)15-8-9-21(2)17(19(15)16)6-7-18(21)23/h4-5,10,15-19,22-23H,3,6-9,11H2,1-2H3/t15-,16-,17+,18+,19+,21+/m1/s1. The molecule has 1 aromatic carbocycles. The van der Waals surface area contributed by atoms with Gasteiger partial charge in [-0.25, -0.2) is 0 Å². The number of benzene rings is 1. The van der Waals surface area contributed by atoms with Crippen molar-refractivity contribution in [2.45, 2.75) is 58.0 Å².